The van der Waals surface area contributed by atoms with Gasteiger partial charge in [0.15, 0.2) is 5.82 Å². The maximum atomic E-state index is 3.99. The number of rotatable bonds is 2. The Labute approximate surface area is 75.5 Å². The molecule has 2 rings (SSSR count). The van der Waals surface area contributed by atoms with Crippen molar-refractivity contribution >= 4 is 0 Å². The van der Waals surface area contributed by atoms with Crippen molar-refractivity contribution in [3.05, 3.63) is 25.0 Å². The molecule has 0 fully saturated rings. The highest BCUT2D eigenvalue weighted by Gasteiger charge is 2.04. The summed E-state index contributed by atoms with van der Waals surface area (Å²) in [7, 11) is 0. The number of hydrogen-bond acceptors (Lipinski definition) is 4. The maximum Gasteiger partial charge on any atom is 0.166 e. The summed E-state index contributed by atoms with van der Waals surface area (Å²) in [6, 6.07) is 0. The highest BCUT2D eigenvalue weighted by Crippen LogP contribution is 2.12. The van der Waals surface area contributed by atoms with Gasteiger partial charge >= 0.3 is 0 Å². The van der Waals surface area contributed by atoms with Gasteiger partial charge in [0, 0.05) is 18.9 Å². The number of aryl methyl sites for hydroxylation is 1. The van der Waals surface area contributed by atoms with Crippen LogP contribution in [0, 0.1) is 0 Å². The molecule has 5 nitrogen and oxygen atoms in total. The van der Waals surface area contributed by atoms with Crippen LogP contribution in [-0.4, -0.2) is 24.7 Å². The molecular weight excluding hydrogens is 166 g/mol. The summed E-state index contributed by atoms with van der Waals surface area (Å²) in [4.78, 5) is 7.85. The van der Waals surface area contributed by atoms with Crippen molar-refractivity contribution in [2.75, 3.05) is 0 Å². The van der Waals surface area contributed by atoms with Crippen LogP contribution >= 0.6 is 0 Å². The van der Waals surface area contributed by atoms with Crippen LogP contribution in [0.5, 0.6) is 0 Å². The zero-order chi connectivity index (χ0) is 9.10. The Morgan fingerprint density at radius 2 is 2.08 bits per heavy atom. The Morgan fingerprint density at radius 3 is 2.77 bits per heavy atom. The normalized spacial score (nSPS) is 10.2. The zero-order valence-electron chi connectivity index (χ0n) is 7.25. The van der Waals surface area contributed by atoms with Crippen LogP contribution in [-0.2, 0) is 6.54 Å². The van der Waals surface area contributed by atoms with Gasteiger partial charge in [-0.05, 0) is 6.92 Å². The van der Waals surface area contributed by atoms with Crippen molar-refractivity contribution < 1.29 is 0 Å². The molecule has 0 aliphatic carbocycles. The summed E-state index contributed by atoms with van der Waals surface area (Å²) in [6.07, 6.45) is 6.64. The summed E-state index contributed by atoms with van der Waals surface area (Å²) >= 11 is 0. The van der Waals surface area contributed by atoms with Gasteiger partial charge in [-0.25, -0.2) is 9.97 Å². The second-order valence-corrected chi connectivity index (χ2v) is 2.57. The Bertz CT molecular complexity index is 380. The molecule has 0 atom stereocenters. The second kappa shape index (κ2) is 3.30. The first-order chi connectivity index (χ1) is 6.42. The van der Waals surface area contributed by atoms with Gasteiger partial charge in [-0.3, -0.25) is 0 Å². The van der Waals surface area contributed by atoms with Gasteiger partial charge in [0.2, 0.25) is 0 Å². The summed E-state index contributed by atoms with van der Waals surface area (Å²) in [5.74, 6) is 0.808. The summed E-state index contributed by atoms with van der Waals surface area (Å²) in [5, 5.41) is 7.82. The molecule has 0 bridgehead atoms. The molecule has 0 radical (unpaired) electrons. The molecule has 0 amide bonds. The maximum absolute atomic E-state index is 3.99. The molecular formula is C8H9N5. The Hall–Kier alpha value is -1.78. The Morgan fingerprint density at radius 1 is 1.31 bits per heavy atom. The molecule has 2 aromatic rings. The highest BCUT2D eigenvalue weighted by atomic mass is 15.3. The monoisotopic (exact) mass is 175 g/mol. The standard InChI is InChI=1S/C8H9N5/c1-2-13-6-11-12-8(13)7-3-9-5-10-4-7/h3-6H,2H2,1H3. The van der Waals surface area contributed by atoms with Crippen LogP contribution in [0.4, 0.5) is 0 Å². The van der Waals surface area contributed by atoms with E-state index in [2.05, 4.69) is 20.2 Å². The molecule has 5 heteroatoms. The van der Waals surface area contributed by atoms with Gasteiger partial charge in [0.25, 0.3) is 0 Å². The lowest BCUT2D eigenvalue weighted by Crippen LogP contribution is -1.96. The number of nitrogens with zero attached hydrogens (tertiary/aromatic N) is 5. The molecule has 0 unspecified atom stereocenters. The van der Waals surface area contributed by atoms with Crippen molar-refractivity contribution in [1.29, 1.82) is 0 Å². The quantitative estimate of drug-likeness (QED) is 0.676. The first kappa shape index (κ1) is 7.85. The van der Waals surface area contributed by atoms with Gasteiger partial charge < -0.3 is 4.57 Å². The molecule has 0 aliphatic rings. The van der Waals surface area contributed by atoms with E-state index in [9.17, 15) is 0 Å². The fourth-order valence-electron chi connectivity index (χ4n) is 1.12. The highest BCUT2D eigenvalue weighted by molar-refractivity contribution is 5.51. The minimum atomic E-state index is 0.808. The molecule has 2 aromatic heterocycles. The van der Waals surface area contributed by atoms with Gasteiger partial charge in [0.1, 0.15) is 12.7 Å². The fourth-order valence-corrected chi connectivity index (χ4v) is 1.12. The lowest BCUT2D eigenvalue weighted by atomic mass is 10.3. The van der Waals surface area contributed by atoms with Crippen molar-refractivity contribution in [3.63, 3.8) is 0 Å². The molecule has 0 saturated heterocycles. The van der Waals surface area contributed by atoms with Crippen molar-refractivity contribution in [2.24, 2.45) is 0 Å². The van der Waals surface area contributed by atoms with E-state index in [1.54, 1.807) is 18.7 Å². The smallest absolute Gasteiger partial charge is 0.166 e. The third-order valence-electron chi connectivity index (χ3n) is 1.77. The number of aromatic nitrogens is 5. The molecule has 0 N–H and O–H groups in total. The SMILES string of the molecule is CCn1cnnc1-c1cncnc1. The number of hydrogen-bond donors (Lipinski definition) is 0. The topological polar surface area (TPSA) is 56.5 Å². The van der Waals surface area contributed by atoms with Gasteiger partial charge in [0.05, 0.1) is 5.56 Å². The third kappa shape index (κ3) is 1.40. The minimum absolute atomic E-state index is 0.808. The van der Waals surface area contributed by atoms with Crippen LogP contribution < -0.4 is 0 Å². The lowest BCUT2D eigenvalue weighted by molar-refractivity contribution is 0.766. The average Bonchev–Trinajstić information content (AvgIpc) is 2.67. The van der Waals surface area contributed by atoms with E-state index < -0.39 is 0 Å². The van der Waals surface area contributed by atoms with E-state index in [0.717, 1.165) is 17.9 Å². The minimum Gasteiger partial charge on any atom is -0.314 e. The van der Waals surface area contributed by atoms with E-state index in [-0.39, 0.29) is 0 Å². The molecule has 13 heavy (non-hydrogen) atoms. The first-order valence-corrected chi connectivity index (χ1v) is 4.05. The predicted molar refractivity (Wildman–Crippen MR) is 46.7 cm³/mol. The predicted octanol–water partition coefficient (Wildman–Crippen LogP) is 0.755. The zero-order valence-corrected chi connectivity index (χ0v) is 7.25. The summed E-state index contributed by atoms with van der Waals surface area (Å²) < 4.78 is 1.94. The Balaban J connectivity index is 2.47. The van der Waals surface area contributed by atoms with E-state index in [1.807, 2.05) is 11.5 Å². The van der Waals surface area contributed by atoms with E-state index in [0.29, 0.717) is 0 Å². The molecule has 0 spiro atoms. The lowest BCUT2D eigenvalue weighted by Gasteiger charge is -2.00. The van der Waals surface area contributed by atoms with Crippen LogP contribution in [0.1, 0.15) is 6.92 Å². The van der Waals surface area contributed by atoms with E-state index in [4.69, 9.17) is 0 Å². The fraction of sp³-hybridized carbons (Fsp3) is 0.250. The molecule has 2 heterocycles. The molecule has 0 aliphatic heterocycles. The van der Waals surface area contributed by atoms with Crippen LogP contribution in [0.15, 0.2) is 25.0 Å². The second-order valence-electron chi connectivity index (χ2n) is 2.57. The molecule has 0 aromatic carbocycles. The van der Waals surface area contributed by atoms with Gasteiger partial charge in [-0.2, -0.15) is 0 Å². The molecule has 0 saturated carbocycles. The van der Waals surface area contributed by atoms with Crippen molar-refractivity contribution in [3.8, 4) is 11.4 Å². The summed E-state index contributed by atoms with van der Waals surface area (Å²) in [6.45, 7) is 2.88. The van der Waals surface area contributed by atoms with E-state index >= 15 is 0 Å². The summed E-state index contributed by atoms with van der Waals surface area (Å²) in [5.41, 5.74) is 0.891. The molecule has 66 valence electrons. The Kier molecular flexibility index (Phi) is 1.99. The largest absolute Gasteiger partial charge is 0.314 e. The van der Waals surface area contributed by atoms with Crippen LogP contribution in [0.3, 0.4) is 0 Å². The van der Waals surface area contributed by atoms with Gasteiger partial charge in [-0.1, -0.05) is 0 Å². The van der Waals surface area contributed by atoms with E-state index in [1.165, 1.54) is 6.33 Å². The van der Waals surface area contributed by atoms with Gasteiger partial charge in [-0.15, -0.1) is 10.2 Å². The van der Waals surface area contributed by atoms with Crippen molar-refractivity contribution in [2.45, 2.75) is 13.5 Å². The van der Waals surface area contributed by atoms with Crippen LogP contribution in [0.2, 0.25) is 0 Å². The first-order valence-electron chi connectivity index (χ1n) is 4.05. The average molecular weight is 175 g/mol. The van der Waals surface area contributed by atoms with Crippen molar-refractivity contribution in [1.82, 2.24) is 24.7 Å². The third-order valence-corrected chi connectivity index (χ3v) is 1.77. The van der Waals surface area contributed by atoms with Crippen LogP contribution in [0.25, 0.3) is 11.4 Å².